The van der Waals surface area contributed by atoms with Crippen molar-refractivity contribution in [1.29, 1.82) is 0 Å². The van der Waals surface area contributed by atoms with Crippen LogP contribution in [-0.4, -0.2) is 30.8 Å². The van der Waals surface area contributed by atoms with E-state index in [4.69, 9.17) is 0 Å². The second kappa shape index (κ2) is 10.3. The van der Waals surface area contributed by atoms with Gasteiger partial charge >= 0.3 is 0 Å². The summed E-state index contributed by atoms with van der Waals surface area (Å²) >= 11 is 0. The maximum atomic E-state index is 13.0. The molecular formula is C28H29N3O3. The molecule has 3 aromatic rings. The van der Waals surface area contributed by atoms with Gasteiger partial charge in [0, 0.05) is 25.2 Å². The largest absolute Gasteiger partial charge is 0.352 e. The van der Waals surface area contributed by atoms with Crippen LogP contribution >= 0.6 is 0 Å². The molecule has 0 aliphatic carbocycles. The highest BCUT2D eigenvalue weighted by molar-refractivity contribution is 6.07. The third kappa shape index (κ3) is 5.34. The van der Waals surface area contributed by atoms with Crippen molar-refractivity contribution in [2.24, 2.45) is 5.92 Å². The minimum atomic E-state index is -0.483. The second-order valence-electron chi connectivity index (χ2n) is 8.70. The van der Waals surface area contributed by atoms with Crippen LogP contribution in [0.5, 0.6) is 0 Å². The molecule has 1 atom stereocenters. The number of nitrogens with zero attached hydrogens (tertiary/aromatic N) is 1. The minimum absolute atomic E-state index is 0.0738. The normalized spacial score (nSPS) is 15.3. The summed E-state index contributed by atoms with van der Waals surface area (Å²) in [7, 11) is 0. The van der Waals surface area contributed by atoms with Crippen LogP contribution in [0.1, 0.15) is 33.5 Å². The van der Waals surface area contributed by atoms with Gasteiger partial charge < -0.3 is 15.5 Å². The van der Waals surface area contributed by atoms with Crippen LogP contribution in [0.3, 0.4) is 0 Å². The Bertz CT molecular complexity index is 1210. The molecule has 6 nitrogen and oxygen atoms in total. The average molecular weight is 456 g/mol. The van der Waals surface area contributed by atoms with Gasteiger partial charge in [0.05, 0.1) is 17.2 Å². The first-order valence-corrected chi connectivity index (χ1v) is 11.5. The van der Waals surface area contributed by atoms with E-state index in [2.05, 4.69) is 10.6 Å². The van der Waals surface area contributed by atoms with Crippen molar-refractivity contribution in [3.63, 3.8) is 0 Å². The number of nitrogens with one attached hydrogen (secondary N) is 2. The summed E-state index contributed by atoms with van der Waals surface area (Å²) in [5.74, 6) is -1.06. The quantitative estimate of drug-likeness (QED) is 0.559. The van der Waals surface area contributed by atoms with Gasteiger partial charge in [-0.15, -0.1) is 0 Å². The molecule has 34 heavy (non-hydrogen) atoms. The van der Waals surface area contributed by atoms with Crippen LogP contribution in [0.25, 0.3) is 0 Å². The number of rotatable bonds is 7. The van der Waals surface area contributed by atoms with Crippen LogP contribution < -0.4 is 15.5 Å². The van der Waals surface area contributed by atoms with Gasteiger partial charge in [0.15, 0.2) is 0 Å². The highest BCUT2D eigenvalue weighted by Crippen LogP contribution is 2.28. The molecule has 1 heterocycles. The molecule has 2 N–H and O–H groups in total. The van der Waals surface area contributed by atoms with Crippen molar-refractivity contribution in [2.45, 2.75) is 26.7 Å². The van der Waals surface area contributed by atoms with Crippen molar-refractivity contribution >= 4 is 29.1 Å². The van der Waals surface area contributed by atoms with Gasteiger partial charge in [-0.05, 0) is 61.2 Å². The third-order valence-corrected chi connectivity index (χ3v) is 6.27. The predicted molar refractivity (Wildman–Crippen MR) is 134 cm³/mol. The number of aryl methyl sites for hydroxylation is 2. The summed E-state index contributed by atoms with van der Waals surface area (Å²) in [5.41, 5.74) is 5.06. The van der Waals surface area contributed by atoms with Crippen LogP contribution in [0.15, 0.2) is 72.8 Å². The van der Waals surface area contributed by atoms with Crippen LogP contribution in [0.2, 0.25) is 0 Å². The van der Waals surface area contributed by atoms with E-state index in [1.54, 1.807) is 29.2 Å². The van der Waals surface area contributed by atoms with E-state index in [0.29, 0.717) is 24.3 Å². The Labute approximate surface area is 200 Å². The van der Waals surface area contributed by atoms with Crippen LogP contribution in [0, 0.1) is 19.8 Å². The highest BCUT2D eigenvalue weighted by Gasteiger charge is 2.35. The van der Waals surface area contributed by atoms with Crippen molar-refractivity contribution in [3.05, 3.63) is 95.1 Å². The molecule has 0 aromatic heterocycles. The zero-order valence-electron chi connectivity index (χ0n) is 19.5. The molecule has 1 fully saturated rings. The van der Waals surface area contributed by atoms with E-state index in [1.807, 2.05) is 62.4 Å². The van der Waals surface area contributed by atoms with E-state index in [9.17, 15) is 14.4 Å². The average Bonchev–Trinajstić information content (AvgIpc) is 3.23. The van der Waals surface area contributed by atoms with E-state index in [1.165, 1.54) is 0 Å². The number of anilines is 2. The Morgan fingerprint density at radius 3 is 2.44 bits per heavy atom. The third-order valence-electron chi connectivity index (χ3n) is 6.27. The Morgan fingerprint density at radius 1 is 0.941 bits per heavy atom. The zero-order valence-corrected chi connectivity index (χ0v) is 19.5. The number of para-hydroxylation sites is 1. The van der Waals surface area contributed by atoms with Crippen LogP contribution in [-0.2, 0) is 16.0 Å². The molecule has 3 aromatic carbocycles. The summed E-state index contributed by atoms with van der Waals surface area (Å²) in [5, 5.41) is 5.80. The molecule has 1 aliphatic heterocycles. The summed E-state index contributed by atoms with van der Waals surface area (Å²) in [6.07, 6.45) is 0.865. The lowest BCUT2D eigenvalue weighted by Crippen LogP contribution is -2.30. The van der Waals surface area contributed by atoms with Gasteiger partial charge in [0.25, 0.3) is 5.91 Å². The molecule has 0 spiro atoms. The Balaban J connectivity index is 1.39. The maximum Gasteiger partial charge on any atom is 0.253 e. The molecule has 3 amide bonds. The van der Waals surface area contributed by atoms with Crippen molar-refractivity contribution in [1.82, 2.24) is 5.32 Å². The maximum absolute atomic E-state index is 13.0. The SMILES string of the molecule is Cc1ccc(N2C[C@@H](C(=O)Nc3ccccc3C(=O)NCCc3ccccc3)CC2=O)cc1C. The molecule has 0 saturated carbocycles. The highest BCUT2D eigenvalue weighted by atomic mass is 16.2. The number of carbonyl (C=O) groups is 3. The topological polar surface area (TPSA) is 78.5 Å². The molecule has 1 aliphatic rings. The second-order valence-corrected chi connectivity index (χ2v) is 8.70. The number of amides is 3. The van der Waals surface area contributed by atoms with Crippen molar-refractivity contribution in [3.8, 4) is 0 Å². The van der Waals surface area contributed by atoms with Gasteiger partial charge in [-0.25, -0.2) is 0 Å². The Hall–Kier alpha value is -3.93. The number of hydrogen-bond acceptors (Lipinski definition) is 3. The molecule has 6 heteroatoms. The smallest absolute Gasteiger partial charge is 0.253 e. The number of benzene rings is 3. The van der Waals surface area contributed by atoms with Gasteiger partial charge in [-0.1, -0.05) is 48.5 Å². The van der Waals surface area contributed by atoms with Gasteiger partial charge in [-0.2, -0.15) is 0 Å². The Kier molecular flexibility index (Phi) is 7.07. The van der Waals surface area contributed by atoms with Gasteiger partial charge in [0.1, 0.15) is 0 Å². The first-order valence-electron chi connectivity index (χ1n) is 11.5. The zero-order chi connectivity index (χ0) is 24.1. The molecule has 0 bridgehead atoms. The summed E-state index contributed by atoms with van der Waals surface area (Å²) in [6, 6.07) is 22.7. The fraction of sp³-hybridized carbons (Fsp3) is 0.250. The standard InChI is InChI=1S/C28H29N3O3/c1-19-12-13-23(16-20(19)2)31-18-22(17-26(31)32)27(33)30-25-11-7-6-10-24(25)28(34)29-15-14-21-8-4-3-5-9-21/h3-13,16,22H,14-15,17-18H2,1-2H3,(H,29,34)(H,30,33)/t22-/m0/s1. The molecule has 0 unspecified atom stereocenters. The first kappa shape index (κ1) is 23.2. The van der Waals surface area contributed by atoms with Crippen LogP contribution in [0.4, 0.5) is 11.4 Å². The summed E-state index contributed by atoms with van der Waals surface area (Å²) < 4.78 is 0. The fourth-order valence-corrected chi connectivity index (χ4v) is 4.11. The summed E-state index contributed by atoms with van der Waals surface area (Å²) in [6.45, 7) is 4.84. The first-order chi connectivity index (χ1) is 16.4. The minimum Gasteiger partial charge on any atom is -0.352 e. The fourth-order valence-electron chi connectivity index (χ4n) is 4.11. The lowest BCUT2D eigenvalue weighted by Gasteiger charge is -2.18. The van der Waals surface area contributed by atoms with E-state index in [-0.39, 0.29) is 24.1 Å². The predicted octanol–water partition coefficient (Wildman–Crippen LogP) is 4.27. The number of carbonyl (C=O) groups excluding carboxylic acids is 3. The van der Waals surface area contributed by atoms with Gasteiger partial charge in [-0.3, -0.25) is 14.4 Å². The van der Waals surface area contributed by atoms with Gasteiger partial charge in [0.2, 0.25) is 11.8 Å². The van der Waals surface area contributed by atoms with Crippen molar-refractivity contribution in [2.75, 3.05) is 23.3 Å². The molecule has 0 radical (unpaired) electrons. The number of hydrogen-bond donors (Lipinski definition) is 2. The molecule has 174 valence electrons. The lowest BCUT2D eigenvalue weighted by molar-refractivity contribution is -0.122. The summed E-state index contributed by atoms with van der Waals surface area (Å²) in [4.78, 5) is 40.1. The lowest BCUT2D eigenvalue weighted by atomic mass is 10.1. The van der Waals surface area contributed by atoms with E-state index in [0.717, 1.165) is 28.8 Å². The molecular weight excluding hydrogens is 426 g/mol. The van der Waals surface area contributed by atoms with E-state index >= 15 is 0 Å². The van der Waals surface area contributed by atoms with E-state index < -0.39 is 5.92 Å². The van der Waals surface area contributed by atoms with Crippen molar-refractivity contribution < 1.29 is 14.4 Å². The Morgan fingerprint density at radius 2 is 1.68 bits per heavy atom. The molecule has 1 saturated heterocycles. The molecule has 4 rings (SSSR count). The monoisotopic (exact) mass is 455 g/mol.